The summed E-state index contributed by atoms with van der Waals surface area (Å²) < 4.78 is 5.05. The fourth-order valence-corrected chi connectivity index (χ4v) is 1.79. The molecule has 12 heavy (non-hydrogen) atoms. The zero-order valence-corrected chi connectivity index (χ0v) is 7.08. The molecule has 2 aliphatic heterocycles. The van der Waals surface area contributed by atoms with Gasteiger partial charge in [-0.25, -0.2) is 0 Å². The largest absolute Gasteiger partial charge is 0.370 e. The average molecular weight is 170 g/mol. The van der Waals surface area contributed by atoms with Crippen molar-refractivity contribution >= 4 is 5.91 Å². The predicted molar refractivity (Wildman–Crippen MR) is 43.6 cm³/mol. The molecule has 0 saturated carbocycles. The van der Waals surface area contributed by atoms with Gasteiger partial charge in [-0.2, -0.15) is 0 Å². The molecule has 2 saturated heterocycles. The Bertz CT molecular complexity index is 178. The Hall–Kier alpha value is -0.610. The Balaban J connectivity index is 1.95. The number of hydrogen-bond acceptors (Lipinski definition) is 3. The van der Waals surface area contributed by atoms with Crippen LogP contribution in [0.3, 0.4) is 0 Å². The van der Waals surface area contributed by atoms with Crippen molar-refractivity contribution < 1.29 is 9.53 Å². The number of hydrogen-bond donors (Lipinski definition) is 1. The van der Waals surface area contributed by atoms with Gasteiger partial charge in [0.15, 0.2) is 0 Å². The Morgan fingerprint density at radius 2 is 2.50 bits per heavy atom. The molecule has 68 valence electrons. The zero-order chi connectivity index (χ0) is 8.39. The molecule has 1 unspecified atom stereocenters. The van der Waals surface area contributed by atoms with E-state index < -0.39 is 0 Å². The van der Waals surface area contributed by atoms with E-state index in [0.717, 1.165) is 19.5 Å². The lowest BCUT2D eigenvalue weighted by Crippen LogP contribution is -2.51. The second-order valence-electron chi connectivity index (χ2n) is 3.25. The lowest BCUT2D eigenvalue weighted by atomic mass is 10.3. The number of rotatable bonds is 1. The molecule has 1 N–H and O–H groups in total. The van der Waals surface area contributed by atoms with Crippen molar-refractivity contribution in [2.75, 3.05) is 26.3 Å². The normalized spacial score (nSPS) is 31.2. The third-order valence-corrected chi connectivity index (χ3v) is 2.43. The average Bonchev–Trinajstić information content (AvgIpc) is 2.57. The number of nitrogens with one attached hydrogen (secondary N) is 1. The summed E-state index contributed by atoms with van der Waals surface area (Å²) in [5, 5.41) is 3.31. The van der Waals surface area contributed by atoms with Gasteiger partial charge in [0.2, 0.25) is 5.91 Å². The highest BCUT2D eigenvalue weighted by molar-refractivity contribution is 5.78. The van der Waals surface area contributed by atoms with Gasteiger partial charge in [0.05, 0.1) is 12.8 Å². The second-order valence-corrected chi connectivity index (χ2v) is 3.25. The predicted octanol–water partition coefficient (Wildman–Crippen LogP) is -0.445. The molecule has 0 aromatic heterocycles. The molecule has 0 aromatic rings. The molecular formula is C8H14N2O2. The van der Waals surface area contributed by atoms with Gasteiger partial charge in [0.1, 0.15) is 6.61 Å². The van der Waals surface area contributed by atoms with Crippen LogP contribution in [-0.4, -0.2) is 43.3 Å². The van der Waals surface area contributed by atoms with Crippen LogP contribution in [0.5, 0.6) is 0 Å². The quantitative estimate of drug-likeness (QED) is 0.580. The first-order valence-electron chi connectivity index (χ1n) is 4.48. The molecule has 1 amide bonds. The molecule has 2 fully saturated rings. The SMILES string of the molecule is O=C1COCCN1C1CCCN1. The third-order valence-electron chi connectivity index (χ3n) is 2.43. The molecule has 2 heterocycles. The van der Waals surface area contributed by atoms with Crippen molar-refractivity contribution in [2.24, 2.45) is 0 Å². The van der Waals surface area contributed by atoms with Crippen molar-refractivity contribution in [3.8, 4) is 0 Å². The van der Waals surface area contributed by atoms with Gasteiger partial charge in [0, 0.05) is 6.54 Å². The van der Waals surface area contributed by atoms with Crippen molar-refractivity contribution in [3.05, 3.63) is 0 Å². The molecular weight excluding hydrogens is 156 g/mol. The number of ether oxygens (including phenoxy) is 1. The van der Waals surface area contributed by atoms with E-state index in [0.29, 0.717) is 6.61 Å². The van der Waals surface area contributed by atoms with Crippen LogP contribution in [0.15, 0.2) is 0 Å². The number of amides is 1. The summed E-state index contributed by atoms with van der Waals surface area (Å²) in [6.07, 6.45) is 2.54. The van der Waals surface area contributed by atoms with E-state index in [1.54, 1.807) is 0 Å². The number of carbonyl (C=O) groups excluding carboxylic acids is 1. The van der Waals surface area contributed by atoms with E-state index in [-0.39, 0.29) is 18.7 Å². The molecule has 0 bridgehead atoms. The van der Waals surface area contributed by atoms with Crippen LogP contribution in [0.25, 0.3) is 0 Å². The summed E-state index contributed by atoms with van der Waals surface area (Å²) in [5.74, 6) is 0.126. The number of nitrogens with zero attached hydrogens (tertiary/aromatic N) is 1. The van der Waals surface area contributed by atoms with Gasteiger partial charge in [0.25, 0.3) is 0 Å². The molecule has 2 rings (SSSR count). The lowest BCUT2D eigenvalue weighted by Gasteiger charge is -2.32. The Labute approximate surface area is 71.9 Å². The van der Waals surface area contributed by atoms with Crippen LogP contribution in [0, 0.1) is 0 Å². The van der Waals surface area contributed by atoms with Gasteiger partial charge >= 0.3 is 0 Å². The van der Waals surface area contributed by atoms with Gasteiger partial charge in [-0.1, -0.05) is 0 Å². The van der Waals surface area contributed by atoms with Gasteiger partial charge < -0.3 is 9.64 Å². The summed E-state index contributed by atoms with van der Waals surface area (Å²) in [5.41, 5.74) is 0. The third kappa shape index (κ3) is 1.44. The van der Waals surface area contributed by atoms with Crippen molar-refractivity contribution in [3.63, 3.8) is 0 Å². The second kappa shape index (κ2) is 3.41. The molecule has 0 aromatic carbocycles. The summed E-state index contributed by atoms with van der Waals surface area (Å²) in [7, 11) is 0. The highest BCUT2D eigenvalue weighted by Gasteiger charge is 2.28. The van der Waals surface area contributed by atoms with E-state index in [9.17, 15) is 4.79 Å². The van der Waals surface area contributed by atoms with E-state index in [4.69, 9.17) is 4.74 Å². The minimum Gasteiger partial charge on any atom is -0.370 e. The first-order chi connectivity index (χ1) is 5.88. The van der Waals surface area contributed by atoms with Crippen LogP contribution >= 0.6 is 0 Å². The molecule has 4 nitrogen and oxygen atoms in total. The maximum absolute atomic E-state index is 11.3. The minimum atomic E-state index is 0.126. The van der Waals surface area contributed by atoms with Gasteiger partial charge in [-0.05, 0) is 19.4 Å². The minimum absolute atomic E-state index is 0.126. The molecule has 4 heteroatoms. The first kappa shape index (κ1) is 8.01. The van der Waals surface area contributed by atoms with Crippen LogP contribution in [0.1, 0.15) is 12.8 Å². The van der Waals surface area contributed by atoms with E-state index >= 15 is 0 Å². The molecule has 1 atom stereocenters. The molecule has 2 aliphatic rings. The van der Waals surface area contributed by atoms with Crippen molar-refractivity contribution in [1.29, 1.82) is 0 Å². The van der Waals surface area contributed by atoms with E-state index in [1.807, 2.05) is 4.90 Å². The fourth-order valence-electron chi connectivity index (χ4n) is 1.79. The standard InChI is InChI=1S/C8H14N2O2/c11-8-6-12-5-4-10(8)7-2-1-3-9-7/h7,9H,1-6H2. The Morgan fingerprint density at radius 3 is 3.17 bits per heavy atom. The summed E-state index contributed by atoms with van der Waals surface area (Å²) in [6, 6.07) is 0. The lowest BCUT2D eigenvalue weighted by molar-refractivity contribution is -0.146. The summed E-state index contributed by atoms with van der Waals surface area (Å²) in [4.78, 5) is 13.2. The number of morpholine rings is 1. The van der Waals surface area contributed by atoms with Crippen molar-refractivity contribution in [2.45, 2.75) is 19.0 Å². The highest BCUT2D eigenvalue weighted by Crippen LogP contribution is 2.12. The Morgan fingerprint density at radius 1 is 1.58 bits per heavy atom. The number of carbonyl (C=O) groups is 1. The van der Waals surface area contributed by atoms with Gasteiger partial charge in [-0.3, -0.25) is 10.1 Å². The first-order valence-corrected chi connectivity index (χ1v) is 4.48. The van der Waals surface area contributed by atoms with Crippen molar-refractivity contribution in [1.82, 2.24) is 10.2 Å². The van der Waals surface area contributed by atoms with Crippen LogP contribution in [0.4, 0.5) is 0 Å². The molecule has 0 spiro atoms. The molecule has 0 radical (unpaired) electrons. The summed E-state index contributed by atoms with van der Waals surface area (Å²) >= 11 is 0. The monoisotopic (exact) mass is 170 g/mol. The molecule has 0 aliphatic carbocycles. The smallest absolute Gasteiger partial charge is 0.249 e. The maximum atomic E-state index is 11.3. The zero-order valence-electron chi connectivity index (χ0n) is 7.08. The topological polar surface area (TPSA) is 41.6 Å². The van der Waals surface area contributed by atoms with Gasteiger partial charge in [-0.15, -0.1) is 0 Å². The maximum Gasteiger partial charge on any atom is 0.249 e. The summed E-state index contributed by atoms with van der Waals surface area (Å²) in [6.45, 7) is 2.73. The van der Waals surface area contributed by atoms with E-state index in [1.165, 1.54) is 6.42 Å². The fraction of sp³-hybridized carbons (Fsp3) is 0.875. The van der Waals surface area contributed by atoms with Crippen LogP contribution in [0.2, 0.25) is 0 Å². The Kier molecular flexibility index (Phi) is 2.28. The van der Waals surface area contributed by atoms with Crippen LogP contribution < -0.4 is 5.32 Å². The highest BCUT2D eigenvalue weighted by atomic mass is 16.5. The van der Waals surface area contributed by atoms with Crippen LogP contribution in [-0.2, 0) is 9.53 Å². The van der Waals surface area contributed by atoms with E-state index in [2.05, 4.69) is 5.32 Å².